The van der Waals surface area contributed by atoms with Crippen molar-refractivity contribution in [2.75, 3.05) is 31.2 Å². The number of benzene rings is 1. The number of hydrogen-bond donors (Lipinski definition) is 0. The van der Waals surface area contributed by atoms with Gasteiger partial charge in [0.1, 0.15) is 5.65 Å². The van der Waals surface area contributed by atoms with Crippen LogP contribution >= 0.6 is 11.8 Å². The second kappa shape index (κ2) is 8.91. The fourth-order valence-electron chi connectivity index (χ4n) is 3.60. The van der Waals surface area contributed by atoms with E-state index in [0.29, 0.717) is 31.2 Å². The molecule has 1 aliphatic rings. The molecule has 4 aromatic rings. The summed E-state index contributed by atoms with van der Waals surface area (Å²) < 4.78 is 9.18. The van der Waals surface area contributed by atoms with Crippen molar-refractivity contribution in [3.05, 3.63) is 82.4 Å². The second-order valence-corrected chi connectivity index (χ2v) is 8.20. The van der Waals surface area contributed by atoms with Crippen molar-refractivity contribution < 1.29 is 4.74 Å². The third-order valence-electron chi connectivity index (χ3n) is 5.15. The summed E-state index contributed by atoms with van der Waals surface area (Å²) in [5, 5.41) is 9.77. The minimum atomic E-state index is -0.0824. The molecule has 1 aromatic carbocycles. The average Bonchev–Trinajstić information content (AvgIpc) is 3.21. The summed E-state index contributed by atoms with van der Waals surface area (Å²) in [4.78, 5) is 19.2. The Morgan fingerprint density at radius 1 is 1.00 bits per heavy atom. The molecule has 0 N–H and O–H groups in total. The van der Waals surface area contributed by atoms with Crippen molar-refractivity contribution in [1.29, 1.82) is 0 Å². The quantitative estimate of drug-likeness (QED) is 0.432. The Hall–Kier alpha value is -3.17. The minimum absolute atomic E-state index is 0.0824. The van der Waals surface area contributed by atoms with Crippen LogP contribution in [0.15, 0.2) is 70.7 Å². The molecule has 31 heavy (non-hydrogen) atoms. The lowest BCUT2D eigenvalue weighted by molar-refractivity contribution is 0.121. The maximum absolute atomic E-state index is 12.4. The van der Waals surface area contributed by atoms with Gasteiger partial charge in [-0.1, -0.05) is 48.2 Å². The molecule has 4 heterocycles. The van der Waals surface area contributed by atoms with Gasteiger partial charge in [0, 0.05) is 31.1 Å². The van der Waals surface area contributed by atoms with Crippen LogP contribution in [-0.2, 0) is 17.0 Å². The topological polar surface area (TPSA) is 77.6 Å². The molecule has 158 valence electrons. The van der Waals surface area contributed by atoms with E-state index in [1.54, 1.807) is 28.4 Å². The Morgan fingerprint density at radius 3 is 2.65 bits per heavy atom. The Labute approximate surface area is 183 Å². The number of hydrogen-bond acceptors (Lipinski definition) is 7. The number of fused-ring (bicyclic) bond motifs is 1. The summed E-state index contributed by atoms with van der Waals surface area (Å²) in [6.45, 7) is 3.63. The fraction of sp³-hybridized carbons (Fsp3) is 0.273. The lowest BCUT2D eigenvalue weighted by Gasteiger charge is -2.28. The van der Waals surface area contributed by atoms with Crippen molar-refractivity contribution in [3.8, 4) is 0 Å². The van der Waals surface area contributed by atoms with Gasteiger partial charge in [0.05, 0.1) is 25.5 Å². The number of nitrogens with zero attached hydrogens (tertiary/aromatic N) is 6. The third-order valence-corrected chi connectivity index (χ3v) is 6.15. The molecule has 0 aliphatic carbocycles. The van der Waals surface area contributed by atoms with Gasteiger partial charge in [0.25, 0.3) is 5.56 Å². The lowest BCUT2D eigenvalue weighted by atomic mass is 10.2. The summed E-state index contributed by atoms with van der Waals surface area (Å²) in [6.07, 6.45) is 1.73. The number of pyridine rings is 1. The fourth-order valence-corrected chi connectivity index (χ4v) is 4.43. The standard InChI is InChI=1S/C22H22N6O2S/c29-20-14-18(23-19-8-4-5-9-27(19)20)16-31-22-25-24-21(26-10-12-30-13-11-26)28(22)15-17-6-2-1-3-7-17/h1-9,14H,10-13,15-16H2. The van der Waals surface area contributed by atoms with E-state index < -0.39 is 0 Å². The molecule has 1 aliphatic heterocycles. The number of aromatic nitrogens is 5. The van der Waals surface area contributed by atoms with Crippen molar-refractivity contribution in [1.82, 2.24) is 24.1 Å². The number of morpholine rings is 1. The van der Waals surface area contributed by atoms with E-state index >= 15 is 0 Å². The van der Waals surface area contributed by atoms with E-state index in [1.807, 2.05) is 36.4 Å². The molecule has 0 bridgehead atoms. The molecule has 5 rings (SSSR count). The molecule has 9 heteroatoms. The Balaban J connectivity index is 1.43. The molecule has 3 aromatic heterocycles. The summed E-state index contributed by atoms with van der Waals surface area (Å²) >= 11 is 1.54. The highest BCUT2D eigenvalue weighted by Gasteiger charge is 2.21. The summed E-state index contributed by atoms with van der Waals surface area (Å²) in [5.74, 6) is 1.39. The van der Waals surface area contributed by atoms with Crippen molar-refractivity contribution in [2.45, 2.75) is 17.5 Å². The predicted octanol–water partition coefficient (Wildman–Crippen LogP) is 2.46. The van der Waals surface area contributed by atoms with Gasteiger partial charge in [-0.25, -0.2) is 4.98 Å². The number of rotatable bonds is 6. The lowest BCUT2D eigenvalue weighted by Crippen LogP contribution is -2.38. The van der Waals surface area contributed by atoms with Gasteiger partial charge in [0.2, 0.25) is 5.95 Å². The Morgan fingerprint density at radius 2 is 1.81 bits per heavy atom. The van der Waals surface area contributed by atoms with Crippen LogP contribution in [0.3, 0.4) is 0 Å². The Bertz CT molecular complexity index is 1230. The first kappa shape index (κ1) is 19.8. The van der Waals surface area contributed by atoms with Gasteiger partial charge in [-0.2, -0.15) is 0 Å². The van der Waals surface area contributed by atoms with Crippen LogP contribution in [0.5, 0.6) is 0 Å². The van der Waals surface area contributed by atoms with E-state index in [4.69, 9.17) is 4.74 Å². The van der Waals surface area contributed by atoms with Crippen LogP contribution in [0, 0.1) is 0 Å². The van der Waals surface area contributed by atoms with Gasteiger partial charge in [-0.3, -0.25) is 13.8 Å². The minimum Gasteiger partial charge on any atom is -0.378 e. The maximum atomic E-state index is 12.4. The number of ether oxygens (including phenoxy) is 1. The summed E-state index contributed by atoms with van der Waals surface area (Å²) in [6, 6.07) is 17.4. The average molecular weight is 435 g/mol. The molecule has 0 unspecified atom stereocenters. The van der Waals surface area contributed by atoms with Crippen LogP contribution < -0.4 is 10.5 Å². The molecular formula is C22H22N6O2S. The second-order valence-electron chi connectivity index (χ2n) is 7.26. The zero-order valence-corrected chi connectivity index (χ0v) is 17.7. The van der Waals surface area contributed by atoms with Crippen LogP contribution in [0.25, 0.3) is 5.65 Å². The SMILES string of the molecule is O=c1cc(CSc2nnc(N3CCOCC3)n2Cc2ccccc2)nc2ccccn12. The van der Waals surface area contributed by atoms with Gasteiger partial charge >= 0.3 is 0 Å². The third kappa shape index (κ3) is 4.33. The largest absolute Gasteiger partial charge is 0.378 e. The first-order chi connectivity index (χ1) is 15.3. The van der Waals surface area contributed by atoms with E-state index in [-0.39, 0.29) is 5.56 Å². The molecule has 1 saturated heterocycles. The highest BCUT2D eigenvalue weighted by molar-refractivity contribution is 7.98. The van der Waals surface area contributed by atoms with E-state index in [0.717, 1.165) is 29.9 Å². The van der Waals surface area contributed by atoms with Crippen molar-refractivity contribution >= 4 is 23.4 Å². The maximum Gasteiger partial charge on any atom is 0.258 e. The van der Waals surface area contributed by atoms with Crippen LogP contribution in [0.2, 0.25) is 0 Å². The smallest absolute Gasteiger partial charge is 0.258 e. The number of anilines is 1. The highest BCUT2D eigenvalue weighted by atomic mass is 32.2. The first-order valence-electron chi connectivity index (χ1n) is 10.2. The molecule has 0 spiro atoms. The van der Waals surface area contributed by atoms with Crippen LogP contribution in [0.1, 0.15) is 11.3 Å². The molecule has 8 nitrogen and oxygen atoms in total. The first-order valence-corrected chi connectivity index (χ1v) is 11.2. The van der Waals surface area contributed by atoms with Gasteiger partial charge in [-0.15, -0.1) is 10.2 Å². The monoisotopic (exact) mass is 434 g/mol. The zero-order valence-electron chi connectivity index (χ0n) is 16.9. The highest BCUT2D eigenvalue weighted by Crippen LogP contribution is 2.26. The van der Waals surface area contributed by atoms with Crippen LogP contribution in [0.4, 0.5) is 5.95 Å². The van der Waals surface area contributed by atoms with E-state index in [9.17, 15) is 4.79 Å². The summed E-state index contributed by atoms with van der Waals surface area (Å²) in [5.41, 5.74) is 2.47. The van der Waals surface area contributed by atoms with Gasteiger partial charge in [-0.05, 0) is 17.7 Å². The molecular weight excluding hydrogens is 412 g/mol. The van der Waals surface area contributed by atoms with E-state index in [1.165, 1.54) is 5.56 Å². The zero-order chi connectivity index (χ0) is 21.0. The Kier molecular flexibility index (Phi) is 5.68. The van der Waals surface area contributed by atoms with Gasteiger partial charge < -0.3 is 9.64 Å². The van der Waals surface area contributed by atoms with Gasteiger partial charge in [0.15, 0.2) is 5.16 Å². The summed E-state index contributed by atoms with van der Waals surface area (Å²) in [7, 11) is 0. The molecule has 0 radical (unpaired) electrons. The van der Waals surface area contributed by atoms with Crippen molar-refractivity contribution in [2.24, 2.45) is 0 Å². The van der Waals surface area contributed by atoms with E-state index in [2.05, 4.69) is 36.8 Å². The molecule has 1 fully saturated rings. The van der Waals surface area contributed by atoms with Crippen molar-refractivity contribution in [3.63, 3.8) is 0 Å². The molecule has 0 atom stereocenters. The normalized spacial score (nSPS) is 14.3. The predicted molar refractivity (Wildman–Crippen MR) is 120 cm³/mol. The molecule has 0 saturated carbocycles. The number of thioether (sulfide) groups is 1. The molecule has 0 amide bonds. The van der Waals surface area contributed by atoms with Crippen LogP contribution in [-0.4, -0.2) is 50.5 Å².